The summed E-state index contributed by atoms with van der Waals surface area (Å²) in [5.74, 6) is 0. The standard InChI is InChI=1S/C23H19NO/c25-23(20-11-2-1-3-12-20,16-18-8-7-15-24-17-18)22-14-6-10-19-9-4-5-13-21(19)22/h1-15,17,25H,16H2. The van der Waals surface area contributed by atoms with Gasteiger partial charge in [0.2, 0.25) is 0 Å². The van der Waals surface area contributed by atoms with Crippen molar-refractivity contribution in [2.75, 3.05) is 0 Å². The minimum Gasteiger partial charge on any atom is -0.380 e. The lowest BCUT2D eigenvalue weighted by molar-refractivity contribution is 0.0826. The van der Waals surface area contributed by atoms with Crippen molar-refractivity contribution in [1.82, 2.24) is 4.98 Å². The number of fused-ring (bicyclic) bond motifs is 1. The zero-order chi connectivity index (χ0) is 17.1. The third-order valence-electron chi connectivity index (χ3n) is 4.67. The van der Waals surface area contributed by atoms with Crippen molar-refractivity contribution in [3.8, 4) is 0 Å². The molecular weight excluding hydrogens is 306 g/mol. The summed E-state index contributed by atoms with van der Waals surface area (Å²) in [6.45, 7) is 0. The largest absolute Gasteiger partial charge is 0.380 e. The maximum atomic E-state index is 11.9. The molecule has 0 aliphatic heterocycles. The quantitative estimate of drug-likeness (QED) is 0.589. The van der Waals surface area contributed by atoms with E-state index in [1.165, 1.54) is 0 Å². The van der Waals surface area contributed by atoms with Gasteiger partial charge in [-0.15, -0.1) is 0 Å². The molecule has 0 aliphatic carbocycles. The van der Waals surface area contributed by atoms with Crippen molar-refractivity contribution in [3.05, 3.63) is 114 Å². The van der Waals surface area contributed by atoms with E-state index in [4.69, 9.17) is 0 Å². The maximum Gasteiger partial charge on any atom is 0.119 e. The summed E-state index contributed by atoms with van der Waals surface area (Å²) in [4.78, 5) is 4.21. The Morgan fingerprint density at radius 3 is 2.32 bits per heavy atom. The lowest BCUT2D eigenvalue weighted by atomic mass is 9.79. The Hall–Kier alpha value is -2.97. The molecule has 0 bridgehead atoms. The summed E-state index contributed by atoms with van der Waals surface area (Å²) >= 11 is 0. The molecule has 0 radical (unpaired) electrons. The molecule has 2 nitrogen and oxygen atoms in total. The monoisotopic (exact) mass is 325 g/mol. The Kier molecular flexibility index (Phi) is 4.04. The number of nitrogens with zero attached hydrogens (tertiary/aromatic N) is 1. The zero-order valence-electron chi connectivity index (χ0n) is 13.8. The number of aliphatic hydroxyl groups is 1. The summed E-state index contributed by atoms with van der Waals surface area (Å²) in [6, 6.07) is 28.1. The third-order valence-corrected chi connectivity index (χ3v) is 4.67. The molecule has 0 aliphatic rings. The topological polar surface area (TPSA) is 33.1 Å². The van der Waals surface area contributed by atoms with Crippen LogP contribution in [0.1, 0.15) is 16.7 Å². The van der Waals surface area contributed by atoms with E-state index in [0.29, 0.717) is 6.42 Å². The first kappa shape index (κ1) is 15.6. The predicted molar refractivity (Wildman–Crippen MR) is 101 cm³/mol. The fourth-order valence-corrected chi connectivity index (χ4v) is 3.45. The Morgan fingerprint density at radius 2 is 1.52 bits per heavy atom. The lowest BCUT2D eigenvalue weighted by Crippen LogP contribution is -2.30. The van der Waals surface area contributed by atoms with Crippen molar-refractivity contribution in [2.24, 2.45) is 0 Å². The van der Waals surface area contributed by atoms with Gasteiger partial charge in [0.15, 0.2) is 0 Å². The molecule has 1 atom stereocenters. The van der Waals surface area contributed by atoms with E-state index >= 15 is 0 Å². The zero-order valence-corrected chi connectivity index (χ0v) is 13.8. The molecule has 0 fully saturated rings. The molecule has 122 valence electrons. The molecule has 0 saturated carbocycles. The van der Waals surface area contributed by atoms with Crippen LogP contribution in [0.4, 0.5) is 0 Å². The molecule has 25 heavy (non-hydrogen) atoms. The smallest absolute Gasteiger partial charge is 0.119 e. The molecule has 4 aromatic rings. The number of pyridine rings is 1. The molecule has 0 amide bonds. The minimum absolute atomic E-state index is 0.471. The van der Waals surface area contributed by atoms with Crippen LogP contribution in [0.2, 0.25) is 0 Å². The highest BCUT2D eigenvalue weighted by Gasteiger charge is 2.33. The second-order valence-corrected chi connectivity index (χ2v) is 6.29. The molecule has 4 rings (SSSR count). The molecular formula is C23H19NO. The van der Waals surface area contributed by atoms with Crippen LogP contribution in [-0.4, -0.2) is 10.1 Å². The first-order valence-corrected chi connectivity index (χ1v) is 8.42. The number of aromatic nitrogens is 1. The van der Waals surface area contributed by atoms with Gasteiger partial charge >= 0.3 is 0 Å². The van der Waals surface area contributed by atoms with Crippen LogP contribution in [0, 0.1) is 0 Å². The number of hydrogen-bond donors (Lipinski definition) is 1. The van der Waals surface area contributed by atoms with E-state index in [0.717, 1.165) is 27.5 Å². The number of hydrogen-bond acceptors (Lipinski definition) is 2. The fraction of sp³-hybridized carbons (Fsp3) is 0.0870. The Bertz CT molecular complexity index is 977. The Balaban J connectivity index is 1.94. The van der Waals surface area contributed by atoms with Crippen LogP contribution in [0.25, 0.3) is 10.8 Å². The van der Waals surface area contributed by atoms with Crippen molar-refractivity contribution in [3.63, 3.8) is 0 Å². The molecule has 1 unspecified atom stereocenters. The van der Waals surface area contributed by atoms with Crippen molar-refractivity contribution < 1.29 is 5.11 Å². The van der Waals surface area contributed by atoms with Gasteiger partial charge in [-0.3, -0.25) is 4.98 Å². The van der Waals surface area contributed by atoms with Gasteiger partial charge in [-0.05, 0) is 33.5 Å². The molecule has 1 N–H and O–H groups in total. The summed E-state index contributed by atoms with van der Waals surface area (Å²) in [6.07, 6.45) is 4.04. The fourth-order valence-electron chi connectivity index (χ4n) is 3.45. The van der Waals surface area contributed by atoms with E-state index < -0.39 is 5.60 Å². The second-order valence-electron chi connectivity index (χ2n) is 6.29. The Labute approximate surface area is 147 Å². The van der Waals surface area contributed by atoms with Crippen LogP contribution in [0.15, 0.2) is 97.3 Å². The van der Waals surface area contributed by atoms with Crippen LogP contribution < -0.4 is 0 Å². The maximum absolute atomic E-state index is 11.9. The average Bonchev–Trinajstić information content (AvgIpc) is 2.69. The summed E-state index contributed by atoms with van der Waals surface area (Å²) in [7, 11) is 0. The summed E-state index contributed by atoms with van der Waals surface area (Å²) in [5, 5.41) is 14.1. The van der Waals surface area contributed by atoms with E-state index in [1.54, 1.807) is 6.20 Å². The van der Waals surface area contributed by atoms with Gasteiger partial charge in [-0.2, -0.15) is 0 Å². The molecule has 1 heterocycles. The number of benzene rings is 3. The second kappa shape index (κ2) is 6.50. The first-order chi connectivity index (χ1) is 12.3. The SMILES string of the molecule is OC(Cc1cccnc1)(c1ccccc1)c1cccc2ccccc12. The van der Waals surface area contributed by atoms with Gasteiger partial charge in [-0.1, -0.05) is 78.9 Å². The summed E-state index contributed by atoms with van der Waals surface area (Å²) < 4.78 is 0. The highest BCUT2D eigenvalue weighted by Crippen LogP contribution is 2.37. The minimum atomic E-state index is -1.12. The van der Waals surface area contributed by atoms with Gasteiger partial charge in [-0.25, -0.2) is 0 Å². The molecule has 3 aromatic carbocycles. The molecule has 1 aromatic heterocycles. The molecule has 0 saturated heterocycles. The molecule has 0 spiro atoms. The third kappa shape index (κ3) is 2.92. The lowest BCUT2D eigenvalue weighted by Gasteiger charge is -2.31. The van der Waals surface area contributed by atoms with E-state index in [1.807, 2.05) is 72.9 Å². The van der Waals surface area contributed by atoms with Gasteiger partial charge in [0, 0.05) is 18.8 Å². The van der Waals surface area contributed by atoms with Gasteiger partial charge in [0.05, 0.1) is 0 Å². The first-order valence-electron chi connectivity index (χ1n) is 8.42. The normalized spacial score (nSPS) is 13.5. The van der Waals surface area contributed by atoms with Gasteiger partial charge in [0.1, 0.15) is 5.60 Å². The van der Waals surface area contributed by atoms with Crippen LogP contribution in [0.5, 0.6) is 0 Å². The Morgan fingerprint density at radius 1 is 0.760 bits per heavy atom. The van der Waals surface area contributed by atoms with E-state index in [2.05, 4.69) is 23.2 Å². The van der Waals surface area contributed by atoms with Crippen molar-refractivity contribution in [2.45, 2.75) is 12.0 Å². The summed E-state index contributed by atoms with van der Waals surface area (Å²) in [5.41, 5.74) is 1.68. The number of rotatable bonds is 4. The van der Waals surface area contributed by atoms with Crippen molar-refractivity contribution >= 4 is 10.8 Å². The predicted octanol–water partition coefficient (Wildman–Crippen LogP) is 4.71. The van der Waals surface area contributed by atoms with Gasteiger partial charge < -0.3 is 5.11 Å². The van der Waals surface area contributed by atoms with E-state index in [-0.39, 0.29) is 0 Å². The van der Waals surface area contributed by atoms with E-state index in [9.17, 15) is 5.11 Å². The van der Waals surface area contributed by atoms with Gasteiger partial charge in [0.25, 0.3) is 0 Å². The average molecular weight is 325 g/mol. The molecule has 2 heteroatoms. The van der Waals surface area contributed by atoms with Crippen LogP contribution in [0.3, 0.4) is 0 Å². The van der Waals surface area contributed by atoms with Crippen molar-refractivity contribution in [1.29, 1.82) is 0 Å². The van der Waals surface area contributed by atoms with Crippen LogP contribution in [-0.2, 0) is 12.0 Å². The van der Waals surface area contributed by atoms with Crippen LogP contribution >= 0.6 is 0 Å². The highest BCUT2D eigenvalue weighted by atomic mass is 16.3. The highest BCUT2D eigenvalue weighted by molar-refractivity contribution is 5.87.